The molecule has 3 atom stereocenters. The van der Waals surface area contributed by atoms with Crippen LogP contribution in [0.5, 0.6) is 0 Å². The Bertz CT molecular complexity index is 1030. The van der Waals surface area contributed by atoms with Gasteiger partial charge in [0.15, 0.2) is 0 Å². The van der Waals surface area contributed by atoms with Gasteiger partial charge in [-0.1, -0.05) is 218 Å². The van der Waals surface area contributed by atoms with E-state index in [1.165, 1.54) is 173 Å². The average molecular weight is 870 g/mol. The molecule has 356 valence electrons. The molecular formula is C51H102N2O6P+. The van der Waals surface area contributed by atoms with E-state index >= 15 is 0 Å². The number of hydrogen-bond donors (Lipinski definition) is 3. The average Bonchev–Trinajstić information content (AvgIpc) is 3.20. The molecular weight excluding hydrogens is 768 g/mol. The minimum absolute atomic E-state index is 0.0751. The largest absolute Gasteiger partial charge is 0.472 e. The third-order valence-electron chi connectivity index (χ3n) is 11.7. The number of likely N-dealkylation sites (N-methyl/N-ethyl adjacent to an activating group) is 1. The molecule has 60 heavy (non-hydrogen) atoms. The Morgan fingerprint density at radius 1 is 0.567 bits per heavy atom. The van der Waals surface area contributed by atoms with Gasteiger partial charge in [-0.05, 0) is 44.9 Å². The van der Waals surface area contributed by atoms with Gasteiger partial charge in [0.1, 0.15) is 13.2 Å². The van der Waals surface area contributed by atoms with Crippen molar-refractivity contribution in [2.24, 2.45) is 0 Å². The van der Waals surface area contributed by atoms with Crippen LogP contribution in [0.3, 0.4) is 0 Å². The zero-order valence-corrected chi connectivity index (χ0v) is 41.4. The van der Waals surface area contributed by atoms with Gasteiger partial charge in [0, 0.05) is 6.42 Å². The van der Waals surface area contributed by atoms with Crippen molar-refractivity contribution < 1.29 is 32.9 Å². The molecule has 0 heterocycles. The highest BCUT2D eigenvalue weighted by Gasteiger charge is 2.28. The second kappa shape index (κ2) is 43.2. The van der Waals surface area contributed by atoms with Gasteiger partial charge in [-0.15, -0.1) is 0 Å². The maximum absolute atomic E-state index is 12.9. The van der Waals surface area contributed by atoms with Gasteiger partial charge in [0.05, 0.1) is 39.9 Å². The molecule has 0 aromatic heterocycles. The Morgan fingerprint density at radius 3 is 1.37 bits per heavy atom. The molecule has 0 aliphatic carbocycles. The van der Waals surface area contributed by atoms with Gasteiger partial charge in [0.2, 0.25) is 5.91 Å². The molecule has 9 heteroatoms. The van der Waals surface area contributed by atoms with Gasteiger partial charge in [-0.2, -0.15) is 0 Å². The van der Waals surface area contributed by atoms with Crippen LogP contribution in [0.25, 0.3) is 0 Å². The minimum atomic E-state index is -4.31. The Labute approximate surface area is 373 Å². The van der Waals surface area contributed by atoms with Gasteiger partial charge >= 0.3 is 7.82 Å². The van der Waals surface area contributed by atoms with Crippen LogP contribution in [-0.4, -0.2) is 73.4 Å². The first kappa shape index (κ1) is 59.0. The Balaban J connectivity index is 4.10. The topological polar surface area (TPSA) is 105 Å². The number of carbonyl (C=O) groups is 1. The molecule has 0 aromatic rings. The molecule has 0 bridgehead atoms. The van der Waals surface area contributed by atoms with E-state index in [2.05, 4.69) is 43.5 Å². The first-order chi connectivity index (χ1) is 29.0. The molecule has 0 saturated heterocycles. The number of amides is 1. The van der Waals surface area contributed by atoms with Crippen LogP contribution < -0.4 is 5.32 Å². The summed E-state index contributed by atoms with van der Waals surface area (Å²) in [4.78, 5) is 23.2. The molecule has 0 radical (unpaired) electrons. The van der Waals surface area contributed by atoms with E-state index in [1.54, 1.807) is 0 Å². The zero-order valence-electron chi connectivity index (χ0n) is 40.5. The number of quaternary nitrogens is 1. The minimum Gasteiger partial charge on any atom is -0.391 e. The van der Waals surface area contributed by atoms with Crippen LogP contribution in [0.15, 0.2) is 24.3 Å². The number of phosphoric acid groups is 1. The van der Waals surface area contributed by atoms with Crippen LogP contribution in [-0.2, 0) is 18.4 Å². The number of aliphatic hydroxyl groups is 1. The highest BCUT2D eigenvalue weighted by atomic mass is 31.2. The van der Waals surface area contributed by atoms with E-state index in [-0.39, 0.29) is 19.1 Å². The van der Waals surface area contributed by atoms with Crippen LogP contribution in [0.1, 0.15) is 245 Å². The van der Waals surface area contributed by atoms with E-state index in [0.29, 0.717) is 23.9 Å². The van der Waals surface area contributed by atoms with Crippen molar-refractivity contribution in [1.82, 2.24) is 5.32 Å². The molecule has 0 fully saturated rings. The molecule has 8 nitrogen and oxygen atoms in total. The summed E-state index contributed by atoms with van der Waals surface area (Å²) in [6, 6.07) is -0.758. The number of aliphatic hydroxyl groups excluding tert-OH is 1. The molecule has 3 N–H and O–H groups in total. The number of hydrogen-bond acceptors (Lipinski definition) is 5. The first-order valence-corrected chi connectivity index (χ1v) is 27.2. The number of nitrogens with zero attached hydrogens (tertiary/aromatic N) is 1. The number of carbonyl (C=O) groups excluding carboxylic acids is 1. The summed E-state index contributed by atoms with van der Waals surface area (Å²) < 4.78 is 23.6. The third-order valence-corrected chi connectivity index (χ3v) is 12.7. The second-order valence-electron chi connectivity index (χ2n) is 18.9. The summed E-state index contributed by atoms with van der Waals surface area (Å²) in [5.41, 5.74) is 0. The lowest BCUT2D eigenvalue weighted by molar-refractivity contribution is -0.870. The van der Waals surface area contributed by atoms with Crippen LogP contribution >= 0.6 is 7.82 Å². The predicted octanol–water partition coefficient (Wildman–Crippen LogP) is 14.9. The van der Waals surface area contributed by atoms with Gasteiger partial charge in [-0.25, -0.2) is 4.57 Å². The highest BCUT2D eigenvalue weighted by Crippen LogP contribution is 2.43. The van der Waals surface area contributed by atoms with E-state index in [0.717, 1.165) is 44.9 Å². The van der Waals surface area contributed by atoms with Crippen molar-refractivity contribution in [1.29, 1.82) is 0 Å². The smallest absolute Gasteiger partial charge is 0.391 e. The molecule has 1 amide bonds. The lowest BCUT2D eigenvalue weighted by Gasteiger charge is -2.26. The number of unbranched alkanes of at least 4 members (excludes halogenated alkanes) is 30. The third kappa shape index (κ3) is 45.0. The lowest BCUT2D eigenvalue weighted by atomic mass is 10.0. The molecule has 0 saturated carbocycles. The fourth-order valence-electron chi connectivity index (χ4n) is 7.61. The van der Waals surface area contributed by atoms with Crippen molar-refractivity contribution in [2.45, 2.75) is 257 Å². The molecule has 3 unspecified atom stereocenters. The van der Waals surface area contributed by atoms with Crippen LogP contribution in [0, 0.1) is 0 Å². The number of phosphoric ester groups is 1. The maximum atomic E-state index is 12.9. The molecule has 0 aliphatic heterocycles. The van der Waals surface area contributed by atoms with Crippen LogP contribution in [0.4, 0.5) is 0 Å². The summed E-state index contributed by atoms with van der Waals surface area (Å²) in [5.74, 6) is -0.146. The zero-order chi connectivity index (χ0) is 44.3. The summed E-state index contributed by atoms with van der Waals surface area (Å²) in [6.45, 7) is 4.89. The fraction of sp³-hybridized carbons (Fsp3) is 0.902. The van der Waals surface area contributed by atoms with Crippen molar-refractivity contribution in [2.75, 3.05) is 40.9 Å². The fourth-order valence-corrected chi connectivity index (χ4v) is 8.34. The monoisotopic (exact) mass is 870 g/mol. The SMILES string of the molecule is CCCCCCCCCCC/C=C\C/C=C\CCCCCCCCCCCCCC(=O)NC(COP(=O)(O)OCC[N+](C)(C)C)C(O)CCCCCCCCCCCCC. The van der Waals surface area contributed by atoms with E-state index in [9.17, 15) is 19.4 Å². The Hall–Kier alpha value is -1.02. The lowest BCUT2D eigenvalue weighted by Crippen LogP contribution is -2.46. The van der Waals surface area contributed by atoms with E-state index in [4.69, 9.17) is 9.05 Å². The molecule has 0 spiro atoms. The van der Waals surface area contributed by atoms with Crippen molar-refractivity contribution >= 4 is 13.7 Å². The summed E-state index contributed by atoms with van der Waals surface area (Å²) >= 11 is 0. The first-order valence-electron chi connectivity index (χ1n) is 25.7. The van der Waals surface area contributed by atoms with Gasteiger partial charge in [0.25, 0.3) is 0 Å². The van der Waals surface area contributed by atoms with Gasteiger partial charge < -0.3 is 19.8 Å². The van der Waals surface area contributed by atoms with Crippen molar-refractivity contribution in [3.05, 3.63) is 24.3 Å². The summed E-state index contributed by atoms with van der Waals surface area (Å²) in [7, 11) is 1.62. The summed E-state index contributed by atoms with van der Waals surface area (Å²) in [6.07, 6.45) is 52.2. The van der Waals surface area contributed by atoms with Crippen LogP contribution in [0.2, 0.25) is 0 Å². The Kier molecular flexibility index (Phi) is 42.5. The number of allylic oxidation sites excluding steroid dienone is 4. The molecule has 0 rings (SSSR count). The predicted molar refractivity (Wildman–Crippen MR) is 258 cm³/mol. The summed E-state index contributed by atoms with van der Waals surface area (Å²) in [5, 5.41) is 14.0. The van der Waals surface area contributed by atoms with Crippen molar-refractivity contribution in [3.63, 3.8) is 0 Å². The van der Waals surface area contributed by atoms with Gasteiger partial charge in [-0.3, -0.25) is 13.8 Å². The molecule has 0 aliphatic rings. The van der Waals surface area contributed by atoms with E-state index < -0.39 is 20.0 Å². The quantitative estimate of drug-likeness (QED) is 0.0243. The number of nitrogens with one attached hydrogen (secondary N) is 1. The van der Waals surface area contributed by atoms with Crippen molar-refractivity contribution in [3.8, 4) is 0 Å². The number of rotatable bonds is 47. The normalized spacial score (nSPS) is 14.3. The standard InChI is InChI=1S/C51H101N2O6P/c1-6-8-10-12-14-16-18-19-20-21-22-23-24-25-26-27-28-29-30-31-32-33-35-37-39-41-43-45-51(55)52-49(48-59-60(56,57)58-47-46-53(3,4)5)50(54)44-42-40-38-36-34-17-15-13-11-9-7-2/h22-23,25-26,49-50,54H,6-21,24,27-48H2,1-5H3,(H-,52,55,56,57)/p+1/b23-22-,26-25-. The highest BCUT2D eigenvalue weighted by molar-refractivity contribution is 7.47. The molecule has 0 aromatic carbocycles. The van der Waals surface area contributed by atoms with E-state index in [1.807, 2.05) is 21.1 Å². The maximum Gasteiger partial charge on any atom is 0.472 e. The Morgan fingerprint density at radius 2 is 0.950 bits per heavy atom. The second-order valence-corrected chi connectivity index (χ2v) is 20.4.